The van der Waals surface area contributed by atoms with Crippen molar-refractivity contribution < 1.29 is 51.8 Å². The Morgan fingerprint density at radius 2 is 0.877 bits per heavy atom. The van der Waals surface area contributed by atoms with Gasteiger partial charge < -0.3 is 35.2 Å². The van der Waals surface area contributed by atoms with Gasteiger partial charge in [-0.2, -0.15) is 8.42 Å². The van der Waals surface area contributed by atoms with Gasteiger partial charge in [-0.15, -0.1) is 0 Å². The van der Waals surface area contributed by atoms with Gasteiger partial charge in [-0.1, -0.05) is 276 Å². The molecule has 1 amide bonds. The molecular weight excluding hydrogens is 943 g/mol. The molecule has 0 aromatic rings. The zero-order valence-electron chi connectivity index (χ0n) is 47.2. The number of rotatable bonds is 55. The van der Waals surface area contributed by atoms with Crippen LogP contribution in [0.15, 0.2) is 12.2 Å². The number of aliphatic hydroxyl groups is 4. The molecule has 0 saturated carbocycles. The predicted molar refractivity (Wildman–Crippen MR) is 301 cm³/mol. The summed E-state index contributed by atoms with van der Waals surface area (Å²) in [5.41, 5.74) is 0. The number of ether oxygens (including phenoxy) is 2. The van der Waals surface area contributed by atoms with E-state index in [4.69, 9.17) is 9.47 Å². The number of hydrogen-bond acceptors (Lipinski definition) is 10. The van der Waals surface area contributed by atoms with Crippen molar-refractivity contribution in [1.29, 1.82) is 0 Å². The van der Waals surface area contributed by atoms with Crippen molar-refractivity contribution in [3.63, 3.8) is 0 Å². The first-order chi connectivity index (χ1) is 35.5. The van der Waals surface area contributed by atoms with Crippen molar-refractivity contribution in [1.82, 2.24) is 5.32 Å². The number of hydrogen-bond donors (Lipinski definition) is 6. The average Bonchev–Trinajstić information content (AvgIpc) is 3.37. The molecule has 1 heterocycles. The average molecular weight is 1060 g/mol. The standard InChI is InChI=1S/C60H117NO11S/c1-3-5-7-9-11-13-15-17-19-21-22-23-24-25-26-27-28-29-30-31-32-34-36-38-40-42-44-46-48-50-56(64)61-53(52-70-60-58(66)59(72-73(67,68)69)57(65)55(51-62)71-60)54(63)49-47-45-43-41-39-37-35-33-20-18-16-14-12-10-8-6-4-2/h25-26,53-55,57-60,62-63,65-66H,3-24,27-52H2,1-2H3,(H,61,64)(H,67,68,69)/b26-25-. The lowest BCUT2D eigenvalue weighted by Crippen LogP contribution is -2.61. The van der Waals surface area contributed by atoms with Gasteiger partial charge in [-0.25, -0.2) is 4.18 Å². The molecule has 1 fully saturated rings. The number of amides is 1. The van der Waals surface area contributed by atoms with Gasteiger partial charge >= 0.3 is 10.4 Å². The minimum absolute atomic E-state index is 0.224. The van der Waals surface area contributed by atoms with E-state index in [1.54, 1.807) is 0 Å². The van der Waals surface area contributed by atoms with Crippen LogP contribution in [0.3, 0.4) is 0 Å². The van der Waals surface area contributed by atoms with E-state index in [2.05, 4.69) is 35.5 Å². The summed E-state index contributed by atoms with van der Waals surface area (Å²) in [4.78, 5) is 13.2. The van der Waals surface area contributed by atoms with Gasteiger partial charge in [-0.3, -0.25) is 9.35 Å². The fourth-order valence-electron chi connectivity index (χ4n) is 10.3. The summed E-state index contributed by atoms with van der Waals surface area (Å²) in [6, 6.07) is -0.856. The maximum atomic E-state index is 13.2. The Hall–Kier alpha value is -1.16. The summed E-state index contributed by atoms with van der Waals surface area (Å²) in [7, 11) is -5.08. The molecule has 7 unspecified atom stereocenters. The summed E-state index contributed by atoms with van der Waals surface area (Å²) < 4.78 is 48.0. The third kappa shape index (κ3) is 42.5. The molecule has 7 atom stereocenters. The maximum Gasteiger partial charge on any atom is 0.397 e. The highest BCUT2D eigenvalue weighted by Crippen LogP contribution is 2.26. The molecule has 73 heavy (non-hydrogen) atoms. The molecular formula is C60H117NO11S. The zero-order chi connectivity index (χ0) is 53.3. The molecule has 6 N–H and O–H groups in total. The first-order valence-corrected chi connectivity index (χ1v) is 32.4. The molecule has 1 aliphatic heterocycles. The Kier molecular flexibility index (Phi) is 48.2. The zero-order valence-corrected chi connectivity index (χ0v) is 48.0. The second-order valence-electron chi connectivity index (χ2n) is 22.0. The van der Waals surface area contributed by atoms with E-state index in [1.807, 2.05) is 0 Å². The SMILES string of the molecule is CCCCCCCCCCCCCC/C=C\CCCCCCCCCCCCCCCC(=O)NC(COC1OC(CO)C(O)C(OS(=O)(=O)O)C1O)C(O)CCCCCCCCCCCCCCCCCCC. The van der Waals surface area contributed by atoms with Crippen LogP contribution in [0.5, 0.6) is 0 Å². The smallest absolute Gasteiger partial charge is 0.394 e. The highest BCUT2D eigenvalue weighted by Gasteiger charge is 2.48. The van der Waals surface area contributed by atoms with Crippen LogP contribution in [0.25, 0.3) is 0 Å². The Morgan fingerprint density at radius 3 is 1.23 bits per heavy atom. The van der Waals surface area contributed by atoms with Crippen molar-refractivity contribution in [2.24, 2.45) is 0 Å². The van der Waals surface area contributed by atoms with Crippen LogP contribution in [-0.4, -0.2) is 95.4 Å². The fourth-order valence-corrected chi connectivity index (χ4v) is 10.8. The van der Waals surface area contributed by atoms with Gasteiger partial charge in [0.2, 0.25) is 5.91 Å². The van der Waals surface area contributed by atoms with E-state index in [-0.39, 0.29) is 12.5 Å². The first kappa shape index (κ1) is 69.9. The molecule has 0 bridgehead atoms. The van der Waals surface area contributed by atoms with E-state index in [0.717, 1.165) is 51.4 Å². The van der Waals surface area contributed by atoms with Gasteiger partial charge in [0.1, 0.15) is 24.4 Å². The van der Waals surface area contributed by atoms with Crippen LogP contribution >= 0.6 is 0 Å². The summed E-state index contributed by atoms with van der Waals surface area (Å²) in [5.74, 6) is -0.224. The first-order valence-electron chi connectivity index (χ1n) is 31.1. The molecule has 1 saturated heterocycles. The highest BCUT2D eigenvalue weighted by molar-refractivity contribution is 7.80. The van der Waals surface area contributed by atoms with Crippen LogP contribution < -0.4 is 5.32 Å². The lowest BCUT2D eigenvalue weighted by Gasteiger charge is -2.41. The molecule has 0 aromatic carbocycles. The molecule has 0 aliphatic carbocycles. The summed E-state index contributed by atoms with van der Waals surface area (Å²) in [5, 5.41) is 45.2. The van der Waals surface area contributed by atoms with Crippen LogP contribution in [0, 0.1) is 0 Å². The Morgan fingerprint density at radius 1 is 0.534 bits per heavy atom. The molecule has 1 rings (SSSR count). The minimum Gasteiger partial charge on any atom is -0.394 e. The predicted octanol–water partition coefficient (Wildman–Crippen LogP) is 15.0. The van der Waals surface area contributed by atoms with Crippen molar-refractivity contribution >= 4 is 16.3 Å². The summed E-state index contributed by atoms with van der Waals surface area (Å²) >= 11 is 0. The topological polar surface area (TPSA) is 192 Å². The van der Waals surface area contributed by atoms with Crippen molar-refractivity contribution in [3.8, 4) is 0 Å². The Labute approximate surface area is 449 Å². The van der Waals surface area contributed by atoms with Crippen molar-refractivity contribution in [2.45, 2.75) is 352 Å². The third-order valence-corrected chi connectivity index (χ3v) is 15.5. The van der Waals surface area contributed by atoms with Crippen molar-refractivity contribution in [2.75, 3.05) is 13.2 Å². The molecule has 0 aromatic heterocycles. The molecule has 0 spiro atoms. The normalized spacial score (nSPS) is 19.2. The molecule has 0 radical (unpaired) electrons. The van der Waals surface area contributed by atoms with Gasteiger partial charge in [0.05, 0.1) is 25.4 Å². The van der Waals surface area contributed by atoms with Crippen LogP contribution in [0.1, 0.15) is 309 Å². The van der Waals surface area contributed by atoms with E-state index < -0.39 is 59.9 Å². The van der Waals surface area contributed by atoms with Gasteiger partial charge in [-0.05, 0) is 38.5 Å². The number of carbonyl (C=O) groups is 1. The lowest BCUT2D eigenvalue weighted by atomic mass is 9.99. The van der Waals surface area contributed by atoms with Crippen LogP contribution in [-0.2, 0) is 28.9 Å². The number of allylic oxidation sites excluding steroid dienone is 2. The third-order valence-electron chi connectivity index (χ3n) is 15.1. The summed E-state index contributed by atoms with van der Waals surface area (Å²) in [6.45, 7) is 3.50. The maximum absolute atomic E-state index is 13.2. The second-order valence-corrected chi connectivity index (χ2v) is 23.0. The van der Waals surface area contributed by atoms with E-state index in [1.165, 1.54) is 231 Å². The van der Waals surface area contributed by atoms with Crippen LogP contribution in [0.2, 0.25) is 0 Å². The fraction of sp³-hybridized carbons (Fsp3) is 0.950. The molecule has 434 valence electrons. The van der Waals surface area contributed by atoms with E-state index in [0.29, 0.717) is 12.8 Å². The number of unbranched alkanes of at least 4 members (excludes halogenated alkanes) is 41. The van der Waals surface area contributed by atoms with E-state index >= 15 is 0 Å². The van der Waals surface area contributed by atoms with Crippen LogP contribution in [0.4, 0.5) is 0 Å². The molecule has 1 aliphatic rings. The Bertz CT molecular complexity index is 1340. The van der Waals surface area contributed by atoms with Gasteiger partial charge in [0.15, 0.2) is 6.29 Å². The number of carbonyl (C=O) groups excluding carboxylic acids is 1. The summed E-state index contributed by atoms with van der Waals surface area (Å²) in [6.07, 6.45) is 52.3. The lowest BCUT2D eigenvalue weighted by molar-refractivity contribution is -0.298. The van der Waals surface area contributed by atoms with E-state index in [9.17, 15) is 38.2 Å². The highest BCUT2D eigenvalue weighted by atomic mass is 32.3. The minimum atomic E-state index is -5.08. The number of aliphatic hydroxyl groups excluding tert-OH is 4. The second kappa shape index (κ2) is 50.4. The van der Waals surface area contributed by atoms with Crippen molar-refractivity contribution in [3.05, 3.63) is 12.2 Å². The monoisotopic (exact) mass is 1060 g/mol. The van der Waals surface area contributed by atoms with Gasteiger partial charge in [0.25, 0.3) is 0 Å². The molecule has 12 nitrogen and oxygen atoms in total. The number of nitrogens with one attached hydrogen (secondary N) is 1. The largest absolute Gasteiger partial charge is 0.397 e. The quantitative estimate of drug-likeness (QED) is 0.0193. The molecule has 13 heteroatoms. The van der Waals surface area contributed by atoms with Gasteiger partial charge in [0, 0.05) is 6.42 Å². The Balaban J connectivity index is 2.27.